The first-order valence-corrected chi connectivity index (χ1v) is 9.33. The van der Waals surface area contributed by atoms with Gasteiger partial charge in [0.2, 0.25) is 0 Å². The number of hydrogen-bond donors (Lipinski definition) is 1. The molecule has 1 heterocycles. The number of nitrogens with one attached hydrogen (secondary N) is 1. The Morgan fingerprint density at radius 3 is 1.31 bits per heavy atom. The molecule has 0 fully saturated rings. The molecule has 0 saturated heterocycles. The molecule has 0 saturated carbocycles. The number of nitriles is 2. The minimum Gasteiger partial charge on any atom is -0.352 e. The molecule has 0 aliphatic carbocycles. The highest BCUT2D eigenvalue weighted by Crippen LogP contribution is 2.36. The fraction of sp³-hybridized carbons (Fsp3) is 0. The highest BCUT2D eigenvalue weighted by atomic mass is 14.7. The van der Waals surface area contributed by atoms with Crippen molar-refractivity contribution in [3.63, 3.8) is 0 Å². The van der Waals surface area contributed by atoms with Crippen molar-refractivity contribution in [3.8, 4) is 34.4 Å². The van der Waals surface area contributed by atoms with E-state index < -0.39 is 0 Å². The van der Waals surface area contributed by atoms with Gasteiger partial charge in [0.1, 0.15) is 12.1 Å². The topological polar surface area (TPSA) is 63.4 Å². The first-order valence-electron chi connectivity index (χ1n) is 9.33. The molecule has 0 bridgehead atoms. The fourth-order valence-corrected chi connectivity index (χ4v) is 3.87. The van der Waals surface area contributed by atoms with Crippen molar-refractivity contribution in [3.05, 3.63) is 96.1 Å². The van der Waals surface area contributed by atoms with Crippen molar-refractivity contribution in [2.24, 2.45) is 0 Å². The van der Waals surface area contributed by atoms with Gasteiger partial charge in [0.25, 0.3) is 0 Å². The van der Waals surface area contributed by atoms with E-state index in [0.29, 0.717) is 11.1 Å². The van der Waals surface area contributed by atoms with E-state index in [4.69, 9.17) is 0 Å². The standard InChI is InChI=1S/C26H15N3/c27-15-21-11-19(17-7-3-1-4-8-17)13-23-24-14-20(18-9-5-2-6-10-18)12-22(16-28)26(24)29-25(21)23/h1-14,29H. The predicted octanol–water partition coefficient (Wildman–Crippen LogP) is 6.40. The summed E-state index contributed by atoms with van der Waals surface area (Å²) in [6, 6.07) is 32.7. The van der Waals surface area contributed by atoms with Gasteiger partial charge in [-0.3, -0.25) is 0 Å². The van der Waals surface area contributed by atoms with Gasteiger partial charge in [-0.15, -0.1) is 0 Å². The summed E-state index contributed by atoms with van der Waals surface area (Å²) in [6.07, 6.45) is 0. The quantitative estimate of drug-likeness (QED) is 0.391. The van der Waals surface area contributed by atoms with E-state index in [-0.39, 0.29) is 0 Å². The smallest absolute Gasteiger partial charge is 0.101 e. The van der Waals surface area contributed by atoms with Gasteiger partial charge in [-0.1, -0.05) is 60.7 Å². The van der Waals surface area contributed by atoms with Crippen LogP contribution in [0.3, 0.4) is 0 Å². The number of aromatic nitrogens is 1. The Kier molecular flexibility index (Phi) is 3.87. The number of hydrogen-bond acceptors (Lipinski definition) is 2. The second-order valence-electron chi connectivity index (χ2n) is 6.97. The van der Waals surface area contributed by atoms with Crippen molar-refractivity contribution in [1.29, 1.82) is 10.5 Å². The molecule has 1 aromatic heterocycles. The number of fused-ring (bicyclic) bond motifs is 3. The zero-order valence-corrected chi connectivity index (χ0v) is 15.5. The Labute approximate surface area is 168 Å². The van der Waals surface area contributed by atoms with Crippen LogP contribution in [0.15, 0.2) is 84.9 Å². The average molecular weight is 369 g/mol. The maximum Gasteiger partial charge on any atom is 0.101 e. The van der Waals surface area contributed by atoms with Crippen molar-refractivity contribution >= 4 is 21.8 Å². The van der Waals surface area contributed by atoms with Gasteiger partial charge in [0.15, 0.2) is 0 Å². The Morgan fingerprint density at radius 1 is 0.517 bits per heavy atom. The molecule has 1 N–H and O–H groups in total. The second kappa shape index (κ2) is 6.68. The molecule has 5 rings (SSSR count). The van der Waals surface area contributed by atoms with Crippen LogP contribution in [0.1, 0.15) is 11.1 Å². The molecule has 0 unspecified atom stereocenters. The Bertz CT molecular complexity index is 1340. The number of nitrogens with zero attached hydrogens (tertiary/aromatic N) is 2. The molecule has 0 amide bonds. The summed E-state index contributed by atoms with van der Waals surface area (Å²) in [5.74, 6) is 0. The van der Waals surface area contributed by atoms with E-state index in [1.54, 1.807) is 0 Å². The lowest BCUT2D eigenvalue weighted by Crippen LogP contribution is -1.83. The molecule has 0 radical (unpaired) electrons. The lowest BCUT2D eigenvalue weighted by molar-refractivity contribution is 1.45. The number of aromatic amines is 1. The Balaban J connectivity index is 1.87. The summed E-state index contributed by atoms with van der Waals surface area (Å²) in [4.78, 5) is 3.33. The van der Waals surface area contributed by atoms with Crippen LogP contribution in [-0.4, -0.2) is 4.98 Å². The first kappa shape index (κ1) is 16.8. The molecule has 0 aliphatic heterocycles. The lowest BCUT2D eigenvalue weighted by atomic mass is 9.97. The van der Waals surface area contributed by atoms with Gasteiger partial charge in [-0.05, 0) is 46.5 Å². The fourth-order valence-electron chi connectivity index (χ4n) is 3.87. The maximum atomic E-state index is 9.76. The monoisotopic (exact) mass is 369 g/mol. The largest absolute Gasteiger partial charge is 0.352 e. The van der Waals surface area contributed by atoms with Crippen LogP contribution in [0.2, 0.25) is 0 Å². The van der Waals surface area contributed by atoms with Gasteiger partial charge in [-0.2, -0.15) is 10.5 Å². The minimum atomic E-state index is 0.572. The van der Waals surface area contributed by atoms with Crippen LogP contribution in [0.5, 0.6) is 0 Å². The molecule has 29 heavy (non-hydrogen) atoms. The molecule has 5 aromatic rings. The molecule has 3 heteroatoms. The van der Waals surface area contributed by atoms with Crippen LogP contribution in [-0.2, 0) is 0 Å². The maximum absolute atomic E-state index is 9.76. The lowest BCUT2D eigenvalue weighted by Gasteiger charge is -2.05. The van der Waals surface area contributed by atoms with Crippen molar-refractivity contribution < 1.29 is 0 Å². The summed E-state index contributed by atoms with van der Waals surface area (Å²) in [6.45, 7) is 0. The molecular weight excluding hydrogens is 354 g/mol. The van der Waals surface area contributed by atoms with Crippen molar-refractivity contribution in [1.82, 2.24) is 4.98 Å². The van der Waals surface area contributed by atoms with E-state index in [1.165, 1.54) is 0 Å². The summed E-state index contributed by atoms with van der Waals surface area (Å²) in [5.41, 5.74) is 6.76. The van der Waals surface area contributed by atoms with Gasteiger partial charge in [0, 0.05) is 10.8 Å². The van der Waals surface area contributed by atoms with Crippen LogP contribution in [0.25, 0.3) is 44.1 Å². The van der Waals surface area contributed by atoms with Gasteiger partial charge >= 0.3 is 0 Å². The van der Waals surface area contributed by atoms with Crippen LogP contribution < -0.4 is 0 Å². The summed E-state index contributed by atoms with van der Waals surface area (Å²) >= 11 is 0. The predicted molar refractivity (Wildman–Crippen MR) is 116 cm³/mol. The van der Waals surface area contributed by atoms with Crippen LogP contribution >= 0.6 is 0 Å². The van der Waals surface area contributed by atoms with Gasteiger partial charge in [-0.25, -0.2) is 0 Å². The SMILES string of the molecule is N#Cc1cc(-c2ccccc2)cc2c1[nH]c1c(C#N)cc(-c3ccccc3)cc12. The van der Waals surface area contributed by atoms with Crippen molar-refractivity contribution in [2.75, 3.05) is 0 Å². The van der Waals surface area contributed by atoms with E-state index in [9.17, 15) is 10.5 Å². The summed E-state index contributed by atoms with van der Waals surface area (Å²) in [5, 5.41) is 21.4. The molecule has 3 nitrogen and oxygen atoms in total. The molecule has 0 spiro atoms. The highest BCUT2D eigenvalue weighted by molar-refractivity contribution is 6.13. The third kappa shape index (κ3) is 2.74. The van der Waals surface area contributed by atoms with E-state index in [2.05, 4.69) is 29.3 Å². The van der Waals surface area contributed by atoms with E-state index in [1.807, 2.05) is 72.8 Å². The molecule has 134 valence electrons. The second-order valence-corrected chi connectivity index (χ2v) is 6.97. The Hall–Kier alpha value is -4.34. The van der Waals surface area contributed by atoms with E-state index >= 15 is 0 Å². The zero-order valence-electron chi connectivity index (χ0n) is 15.5. The van der Waals surface area contributed by atoms with Crippen LogP contribution in [0, 0.1) is 22.7 Å². The molecule has 0 atom stereocenters. The van der Waals surface area contributed by atoms with Crippen LogP contribution in [0.4, 0.5) is 0 Å². The Morgan fingerprint density at radius 2 is 0.931 bits per heavy atom. The zero-order chi connectivity index (χ0) is 19.8. The third-order valence-corrected chi connectivity index (χ3v) is 5.27. The molecule has 4 aromatic carbocycles. The average Bonchev–Trinajstić information content (AvgIpc) is 3.17. The normalized spacial score (nSPS) is 10.7. The summed E-state index contributed by atoms with van der Waals surface area (Å²) in [7, 11) is 0. The van der Waals surface area contributed by atoms with Gasteiger partial charge < -0.3 is 4.98 Å². The van der Waals surface area contributed by atoms with Gasteiger partial charge in [0.05, 0.1) is 22.2 Å². The van der Waals surface area contributed by atoms with Crippen molar-refractivity contribution in [2.45, 2.75) is 0 Å². The van der Waals surface area contributed by atoms with E-state index in [0.717, 1.165) is 44.1 Å². The molecular formula is C26H15N3. The number of rotatable bonds is 2. The third-order valence-electron chi connectivity index (χ3n) is 5.27. The number of benzene rings is 4. The minimum absolute atomic E-state index is 0.572. The first-order chi connectivity index (χ1) is 14.3. The molecule has 0 aliphatic rings. The number of H-pyrrole nitrogens is 1. The highest BCUT2D eigenvalue weighted by Gasteiger charge is 2.15. The summed E-state index contributed by atoms with van der Waals surface area (Å²) < 4.78 is 0.